The van der Waals surface area contributed by atoms with Gasteiger partial charge >= 0.3 is 0 Å². The first-order valence-electron chi connectivity index (χ1n) is 4.93. The molecule has 6 heteroatoms. The molecule has 0 unspecified atom stereocenters. The van der Waals surface area contributed by atoms with Gasteiger partial charge in [-0.25, -0.2) is 13.2 Å². The van der Waals surface area contributed by atoms with Gasteiger partial charge in [-0.3, -0.25) is 4.68 Å². The number of hydrogen-bond donors (Lipinski definition) is 1. The van der Waals surface area contributed by atoms with Gasteiger partial charge in [0.05, 0.1) is 17.9 Å². The van der Waals surface area contributed by atoms with E-state index in [1.54, 1.807) is 24.0 Å². The maximum absolute atomic E-state index is 13.3. The molecule has 0 saturated heterocycles. The Morgan fingerprint density at radius 3 is 2.53 bits per heavy atom. The summed E-state index contributed by atoms with van der Waals surface area (Å²) in [6, 6.07) is 3.05. The maximum atomic E-state index is 13.3. The first-order valence-corrected chi connectivity index (χ1v) is 4.93. The van der Waals surface area contributed by atoms with Gasteiger partial charge in [-0.1, -0.05) is 0 Å². The molecule has 0 amide bonds. The second kappa shape index (κ2) is 4.48. The Balaban J connectivity index is 2.14. The van der Waals surface area contributed by atoms with Crippen molar-refractivity contribution in [1.82, 2.24) is 9.78 Å². The molecular formula is C11H10F3N3. The topological polar surface area (TPSA) is 29.9 Å². The minimum atomic E-state index is -1.20. The predicted octanol–water partition coefficient (Wildman–Crippen LogP) is 2.45. The summed E-state index contributed by atoms with van der Waals surface area (Å²) >= 11 is 0. The van der Waals surface area contributed by atoms with E-state index in [4.69, 9.17) is 0 Å². The van der Waals surface area contributed by atoms with Crippen LogP contribution in [0.15, 0.2) is 24.4 Å². The number of aromatic nitrogens is 2. The monoisotopic (exact) mass is 241 g/mol. The van der Waals surface area contributed by atoms with Crippen LogP contribution in [-0.2, 0) is 13.6 Å². The number of benzene rings is 1. The van der Waals surface area contributed by atoms with Crippen LogP contribution in [0, 0.1) is 17.5 Å². The molecule has 0 aliphatic rings. The molecule has 3 nitrogen and oxygen atoms in total. The van der Waals surface area contributed by atoms with Gasteiger partial charge in [0.1, 0.15) is 5.82 Å². The molecule has 0 saturated carbocycles. The molecule has 17 heavy (non-hydrogen) atoms. The van der Waals surface area contributed by atoms with Gasteiger partial charge in [-0.15, -0.1) is 0 Å². The summed E-state index contributed by atoms with van der Waals surface area (Å²) in [5.74, 6) is -3.11. The van der Waals surface area contributed by atoms with Gasteiger partial charge in [-0.05, 0) is 6.07 Å². The predicted molar refractivity (Wildman–Crippen MR) is 56.9 cm³/mol. The normalized spacial score (nSPS) is 10.6. The van der Waals surface area contributed by atoms with Crippen molar-refractivity contribution in [2.45, 2.75) is 6.54 Å². The van der Waals surface area contributed by atoms with Crippen LogP contribution in [0.3, 0.4) is 0 Å². The smallest absolute Gasteiger partial charge is 0.161 e. The second-order valence-electron chi connectivity index (χ2n) is 3.55. The van der Waals surface area contributed by atoms with Gasteiger partial charge in [0.15, 0.2) is 11.6 Å². The lowest BCUT2D eigenvalue weighted by Gasteiger charge is -2.08. The van der Waals surface area contributed by atoms with Crippen molar-refractivity contribution in [2.75, 3.05) is 5.32 Å². The van der Waals surface area contributed by atoms with Crippen molar-refractivity contribution >= 4 is 5.69 Å². The number of anilines is 1. The van der Waals surface area contributed by atoms with Crippen LogP contribution in [0.4, 0.5) is 18.9 Å². The number of aryl methyl sites for hydroxylation is 1. The molecule has 0 spiro atoms. The highest BCUT2D eigenvalue weighted by Crippen LogP contribution is 2.18. The Kier molecular flexibility index (Phi) is 3.03. The number of nitrogens with one attached hydrogen (secondary N) is 1. The molecule has 2 rings (SSSR count). The highest BCUT2D eigenvalue weighted by molar-refractivity contribution is 5.45. The van der Waals surface area contributed by atoms with Crippen molar-refractivity contribution in [3.05, 3.63) is 47.5 Å². The van der Waals surface area contributed by atoms with Crippen molar-refractivity contribution in [3.8, 4) is 0 Å². The zero-order valence-corrected chi connectivity index (χ0v) is 9.04. The third-order valence-electron chi connectivity index (χ3n) is 2.39. The molecule has 0 atom stereocenters. The quantitative estimate of drug-likeness (QED) is 0.836. The SMILES string of the molecule is Cn1nccc1CNc1cc(F)c(F)cc1F. The van der Waals surface area contributed by atoms with Crippen LogP contribution in [-0.4, -0.2) is 9.78 Å². The van der Waals surface area contributed by atoms with E-state index in [9.17, 15) is 13.2 Å². The average Bonchev–Trinajstić information content (AvgIpc) is 2.68. The summed E-state index contributed by atoms with van der Waals surface area (Å²) in [5, 5.41) is 6.61. The summed E-state index contributed by atoms with van der Waals surface area (Å²) < 4.78 is 40.5. The molecule has 0 aliphatic carbocycles. The zero-order chi connectivity index (χ0) is 12.4. The van der Waals surface area contributed by atoms with Gasteiger partial charge in [0, 0.05) is 25.4 Å². The Labute approximate surface area is 95.9 Å². The minimum Gasteiger partial charge on any atom is -0.377 e. The van der Waals surface area contributed by atoms with E-state index in [-0.39, 0.29) is 12.2 Å². The Bertz CT molecular complexity index is 537. The van der Waals surface area contributed by atoms with Gasteiger partial charge < -0.3 is 5.32 Å². The summed E-state index contributed by atoms with van der Waals surface area (Å²) in [7, 11) is 1.73. The molecule has 1 aromatic carbocycles. The summed E-state index contributed by atoms with van der Waals surface area (Å²) in [5.41, 5.74) is 0.722. The van der Waals surface area contributed by atoms with Crippen LogP contribution in [0.2, 0.25) is 0 Å². The molecule has 1 heterocycles. The van der Waals surface area contributed by atoms with Crippen molar-refractivity contribution in [3.63, 3.8) is 0 Å². The van der Waals surface area contributed by atoms with E-state index in [0.717, 1.165) is 11.8 Å². The lowest BCUT2D eigenvalue weighted by atomic mass is 10.2. The fraction of sp³-hybridized carbons (Fsp3) is 0.182. The number of hydrogen-bond acceptors (Lipinski definition) is 2. The fourth-order valence-corrected chi connectivity index (χ4v) is 1.42. The molecule has 1 aromatic heterocycles. The van der Waals surface area contributed by atoms with E-state index < -0.39 is 17.5 Å². The number of nitrogens with zero attached hydrogens (tertiary/aromatic N) is 2. The molecule has 0 aliphatic heterocycles. The van der Waals surface area contributed by atoms with Crippen LogP contribution in [0.1, 0.15) is 5.69 Å². The van der Waals surface area contributed by atoms with Crippen LogP contribution >= 0.6 is 0 Å². The standard InChI is InChI=1S/C11H10F3N3/c1-17-7(2-3-16-17)6-15-11-5-9(13)8(12)4-10(11)14/h2-5,15H,6H2,1H3. The van der Waals surface area contributed by atoms with Gasteiger partial charge in [0.2, 0.25) is 0 Å². The highest BCUT2D eigenvalue weighted by atomic mass is 19.2. The molecule has 1 N–H and O–H groups in total. The average molecular weight is 241 g/mol. The molecule has 2 aromatic rings. The van der Waals surface area contributed by atoms with Crippen molar-refractivity contribution in [2.24, 2.45) is 7.05 Å². The lowest BCUT2D eigenvalue weighted by molar-refractivity contribution is 0.496. The third-order valence-corrected chi connectivity index (χ3v) is 2.39. The summed E-state index contributed by atoms with van der Waals surface area (Å²) in [4.78, 5) is 0. The van der Waals surface area contributed by atoms with Crippen LogP contribution in [0.5, 0.6) is 0 Å². The first-order chi connectivity index (χ1) is 8.08. The molecule has 0 radical (unpaired) electrons. The Morgan fingerprint density at radius 1 is 1.18 bits per heavy atom. The summed E-state index contributed by atoms with van der Waals surface area (Å²) in [6.07, 6.45) is 1.60. The highest BCUT2D eigenvalue weighted by Gasteiger charge is 2.09. The molecular weight excluding hydrogens is 231 g/mol. The van der Waals surface area contributed by atoms with Crippen LogP contribution in [0.25, 0.3) is 0 Å². The van der Waals surface area contributed by atoms with Crippen molar-refractivity contribution < 1.29 is 13.2 Å². The van der Waals surface area contributed by atoms with E-state index >= 15 is 0 Å². The van der Waals surface area contributed by atoms with Gasteiger partial charge in [0.25, 0.3) is 0 Å². The number of halogens is 3. The van der Waals surface area contributed by atoms with Gasteiger partial charge in [-0.2, -0.15) is 5.10 Å². The third kappa shape index (κ3) is 2.41. The Hall–Kier alpha value is -1.98. The largest absolute Gasteiger partial charge is 0.377 e. The Morgan fingerprint density at radius 2 is 1.88 bits per heavy atom. The van der Waals surface area contributed by atoms with E-state index in [1.807, 2.05) is 0 Å². The zero-order valence-electron chi connectivity index (χ0n) is 9.04. The van der Waals surface area contributed by atoms with E-state index in [2.05, 4.69) is 10.4 Å². The number of rotatable bonds is 3. The van der Waals surface area contributed by atoms with Crippen LogP contribution < -0.4 is 5.32 Å². The molecule has 0 bridgehead atoms. The second-order valence-corrected chi connectivity index (χ2v) is 3.55. The lowest BCUT2D eigenvalue weighted by Crippen LogP contribution is -2.07. The summed E-state index contributed by atoms with van der Waals surface area (Å²) in [6.45, 7) is 0.276. The minimum absolute atomic E-state index is 0.0786. The van der Waals surface area contributed by atoms with Crippen molar-refractivity contribution in [1.29, 1.82) is 0 Å². The fourth-order valence-electron chi connectivity index (χ4n) is 1.42. The van der Waals surface area contributed by atoms with E-state index in [0.29, 0.717) is 6.07 Å². The maximum Gasteiger partial charge on any atom is 0.161 e. The molecule has 90 valence electrons. The first kappa shape index (κ1) is 11.5. The molecule has 0 fully saturated rings. The van der Waals surface area contributed by atoms with E-state index in [1.165, 1.54) is 0 Å².